The smallest absolute Gasteiger partial charge is 0.255 e. The third kappa shape index (κ3) is 5.41. The number of hydrogen-bond donors (Lipinski definition) is 0. The minimum absolute atomic E-state index is 0.0805. The van der Waals surface area contributed by atoms with Crippen LogP contribution in [0.15, 0.2) is 121 Å². The summed E-state index contributed by atoms with van der Waals surface area (Å²) < 4.78 is 7.69. The summed E-state index contributed by atoms with van der Waals surface area (Å²) in [6, 6.07) is 41.8. The van der Waals surface area contributed by atoms with Gasteiger partial charge in [-0.15, -0.1) is 0 Å². The molecule has 41 heavy (non-hydrogen) atoms. The van der Waals surface area contributed by atoms with Crippen molar-refractivity contribution in [1.82, 2.24) is 14.4 Å². The van der Waals surface area contributed by atoms with Crippen molar-refractivity contribution in [2.75, 3.05) is 33.3 Å². The summed E-state index contributed by atoms with van der Waals surface area (Å²) in [6.45, 7) is 5.02. The van der Waals surface area contributed by atoms with E-state index in [0.717, 1.165) is 47.0 Å². The minimum Gasteiger partial charge on any atom is -0.497 e. The lowest BCUT2D eigenvalue weighted by Crippen LogP contribution is -2.50. The van der Waals surface area contributed by atoms with Crippen molar-refractivity contribution in [3.05, 3.63) is 144 Å². The first-order chi connectivity index (χ1) is 20.1. The fraction of sp³-hybridized carbons (Fsp3) is 0.194. The van der Waals surface area contributed by atoms with E-state index in [-0.39, 0.29) is 11.9 Å². The molecule has 0 N–H and O–H groups in total. The van der Waals surface area contributed by atoms with Crippen LogP contribution >= 0.6 is 0 Å². The summed E-state index contributed by atoms with van der Waals surface area (Å²) in [5, 5.41) is 0. The SMILES string of the molecule is COc1cccc(-c2cc(C(=O)N3CCN(C(c4ccccc4)c4ccccc4)CC3)c(C)n2-c2ccccc2)c1. The number of aromatic nitrogens is 1. The molecule has 1 saturated heterocycles. The number of carbonyl (C=O) groups is 1. The number of amides is 1. The third-order valence-electron chi connectivity index (χ3n) is 8.05. The van der Waals surface area contributed by atoms with Crippen LogP contribution in [0.4, 0.5) is 0 Å². The van der Waals surface area contributed by atoms with Gasteiger partial charge < -0.3 is 14.2 Å². The maximum atomic E-state index is 14.1. The zero-order valence-electron chi connectivity index (χ0n) is 23.6. The Hall–Kier alpha value is -4.61. The molecular weight excluding hydrogens is 506 g/mol. The van der Waals surface area contributed by atoms with Gasteiger partial charge >= 0.3 is 0 Å². The highest BCUT2D eigenvalue weighted by molar-refractivity contribution is 5.97. The number of nitrogens with zero attached hydrogens (tertiary/aromatic N) is 3. The molecule has 4 aromatic carbocycles. The number of hydrogen-bond acceptors (Lipinski definition) is 3. The molecule has 0 unspecified atom stereocenters. The van der Waals surface area contributed by atoms with Crippen LogP contribution < -0.4 is 4.74 Å². The Morgan fingerprint density at radius 1 is 0.707 bits per heavy atom. The largest absolute Gasteiger partial charge is 0.497 e. The molecule has 0 aliphatic carbocycles. The van der Waals surface area contributed by atoms with Gasteiger partial charge in [0.1, 0.15) is 5.75 Å². The molecule has 2 heterocycles. The predicted molar refractivity (Wildman–Crippen MR) is 165 cm³/mol. The molecule has 0 radical (unpaired) electrons. The normalized spacial score (nSPS) is 13.9. The molecule has 6 rings (SSSR count). The fourth-order valence-electron chi connectivity index (χ4n) is 5.97. The average molecular weight is 542 g/mol. The number of carbonyl (C=O) groups excluding carboxylic acids is 1. The zero-order valence-corrected chi connectivity index (χ0v) is 23.6. The van der Waals surface area contributed by atoms with Crippen LogP contribution in [-0.2, 0) is 0 Å². The van der Waals surface area contributed by atoms with Gasteiger partial charge in [0, 0.05) is 43.1 Å². The Morgan fingerprint density at radius 3 is 1.88 bits per heavy atom. The summed E-state index contributed by atoms with van der Waals surface area (Å²) in [6.07, 6.45) is 0. The molecule has 1 fully saturated rings. The third-order valence-corrected chi connectivity index (χ3v) is 8.05. The van der Waals surface area contributed by atoms with Crippen LogP contribution in [0.2, 0.25) is 0 Å². The number of methoxy groups -OCH3 is 1. The van der Waals surface area contributed by atoms with E-state index >= 15 is 0 Å². The van der Waals surface area contributed by atoms with Gasteiger partial charge in [-0.3, -0.25) is 9.69 Å². The van der Waals surface area contributed by atoms with Crippen molar-refractivity contribution in [1.29, 1.82) is 0 Å². The van der Waals surface area contributed by atoms with Gasteiger partial charge in [0.2, 0.25) is 0 Å². The van der Waals surface area contributed by atoms with Crippen molar-refractivity contribution in [2.24, 2.45) is 0 Å². The van der Waals surface area contributed by atoms with Crippen LogP contribution in [-0.4, -0.2) is 53.6 Å². The van der Waals surface area contributed by atoms with Gasteiger partial charge in [0.15, 0.2) is 0 Å². The van der Waals surface area contributed by atoms with E-state index in [1.165, 1.54) is 11.1 Å². The number of piperazine rings is 1. The molecule has 0 saturated carbocycles. The van der Waals surface area contributed by atoms with Gasteiger partial charge in [0.05, 0.1) is 24.4 Å². The lowest BCUT2D eigenvalue weighted by atomic mass is 9.96. The average Bonchev–Trinajstić information content (AvgIpc) is 3.39. The van der Waals surface area contributed by atoms with Crippen LogP contribution in [0.1, 0.15) is 33.2 Å². The molecule has 1 aromatic heterocycles. The highest BCUT2D eigenvalue weighted by Gasteiger charge is 2.30. The zero-order chi connectivity index (χ0) is 28.2. The van der Waals surface area contributed by atoms with E-state index in [1.54, 1.807) is 7.11 Å². The molecule has 1 aliphatic heterocycles. The van der Waals surface area contributed by atoms with Crippen LogP contribution in [0.3, 0.4) is 0 Å². The van der Waals surface area contributed by atoms with E-state index in [9.17, 15) is 4.79 Å². The van der Waals surface area contributed by atoms with Crippen molar-refractivity contribution in [3.8, 4) is 22.7 Å². The maximum Gasteiger partial charge on any atom is 0.255 e. The van der Waals surface area contributed by atoms with Crippen molar-refractivity contribution < 1.29 is 9.53 Å². The van der Waals surface area contributed by atoms with Gasteiger partial charge in [-0.2, -0.15) is 0 Å². The first kappa shape index (κ1) is 26.6. The van der Waals surface area contributed by atoms with E-state index < -0.39 is 0 Å². The van der Waals surface area contributed by atoms with Gasteiger partial charge in [-0.25, -0.2) is 0 Å². The standard InChI is InChI=1S/C36H35N3O2/c1-27-33(26-34(30-17-12-20-32(25-30)41-2)39(27)31-18-10-5-11-19-31)36(40)38-23-21-37(22-24-38)35(28-13-6-3-7-14-28)29-15-8-4-9-16-29/h3-20,25-26,35H,21-24H2,1-2H3. The van der Waals surface area contributed by atoms with Crippen LogP contribution in [0.25, 0.3) is 16.9 Å². The minimum atomic E-state index is 0.0805. The molecule has 0 atom stereocenters. The second-order valence-electron chi connectivity index (χ2n) is 10.5. The van der Waals surface area contributed by atoms with E-state index in [0.29, 0.717) is 13.1 Å². The van der Waals surface area contributed by atoms with Crippen LogP contribution in [0, 0.1) is 6.92 Å². The summed E-state index contributed by atoms with van der Waals surface area (Å²) in [7, 11) is 1.68. The highest BCUT2D eigenvalue weighted by Crippen LogP contribution is 2.33. The lowest BCUT2D eigenvalue weighted by Gasteiger charge is -2.39. The highest BCUT2D eigenvalue weighted by atomic mass is 16.5. The van der Waals surface area contributed by atoms with E-state index in [4.69, 9.17) is 4.74 Å². The lowest BCUT2D eigenvalue weighted by molar-refractivity contribution is 0.0596. The molecule has 206 valence electrons. The molecule has 5 aromatic rings. The first-order valence-electron chi connectivity index (χ1n) is 14.2. The summed E-state index contributed by atoms with van der Waals surface area (Å²) in [4.78, 5) is 18.6. The summed E-state index contributed by atoms with van der Waals surface area (Å²) in [5.74, 6) is 0.869. The Labute approximate surface area is 242 Å². The van der Waals surface area contributed by atoms with Crippen molar-refractivity contribution >= 4 is 5.91 Å². The Morgan fingerprint density at radius 2 is 1.29 bits per heavy atom. The number of para-hydroxylation sites is 1. The number of benzene rings is 4. The van der Waals surface area contributed by atoms with Gasteiger partial charge in [-0.1, -0.05) is 91.0 Å². The predicted octanol–water partition coefficient (Wildman–Crippen LogP) is 7.01. The monoisotopic (exact) mass is 541 g/mol. The quantitative estimate of drug-likeness (QED) is 0.222. The van der Waals surface area contributed by atoms with Crippen molar-refractivity contribution in [3.63, 3.8) is 0 Å². The first-order valence-corrected chi connectivity index (χ1v) is 14.2. The molecule has 1 aliphatic rings. The van der Waals surface area contributed by atoms with E-state index in [2.05, 4.69) is 88.3 Å². The Balaban J connectivity index is 1.29. The topological polar surface area (TPSA) is 37.7 Å². The molecule has 5 heteroatoms. The molecule has 0 spiro atoms. The second-order valence-corrected chi connectivity index (χ2v) is 10.5. The van der Waals surface area contributed by atoms with Gasteiger partial charge in [0.25, 0.3) is 5.91 Å². The molecular formula is C36H35N3O2. The fourth-order valence-corrected chi connectivity index (χ4v) is 5.97. The van der Waals surface area contributed by atoms with Crippen molar-refractivity contribution in [2.45, 2.75) is 13.0 Å². The molecule has 0 bridgehead atoms. The van der Waals surface area contributed by atoms with E-state index in [1.807, 2.05) is 54.3 Å². The summed E-state index contributed by atoms with van der Waals surface area (Å²) in [5.41, 5.74) is 7.24. The molecule has 5 nitrogen and oxygen atoms in total. The summed E-state index contributed by atoms with van der Waals surface area (Å²) >= 11 is 0. The second kappa shape index (κ2) is 11.9. The number of rotatable bonds is 7. The van der Waals surface area contributed by atoms with Gasteiger partial charge in [-0.05, 0) is 48.4 Å². The Bertz CT molecular complexity index is 1570. The Kier molecular flexibility index (Phi) is 7.70. The van der Waals surface area contributed by atoms with Crippen LogP contribution in [0.5, 0.6) is 5.75 Å². The maximum absolute atomic E-state index is 14.1. The number of ether oxygens (including phenoxy) is 1. The molecule has 1 amide bonds.